The minimum Gasteiger partial charge on any atom is -0.455 e. The fourth-order valence-corrected chi connectivity index (χ4v) is 2.06. The molecule has 0 unspecified atom stereocenters. The Morgan fingerprint density at radius 2 is 2.12 bits per heavy atom. The molecule has 9 heteroatoms. The zero-order valence-electron chi connectivity index (χ0n) is 12.6. The zero-order valence-corrected chi connectivity index (χ0v) is 13.4. The Balaban J connectivity index is 2.04. The van der Waals surface area contributed by atoms with Crippen LogP contribution in [0.5, 0.6) is 0 Å². The molecule has 0 aliphatic carbocycles. The van der Waals surface area contributed by atoms with Crippen molar-refractivity contribution in [2.75, 3.05) is 5.75 Å². The molecule has 0 atom stereocenters. The highest BCUT2D eigenvalue weighted by molar-refractivity contribution is 7.97. The van der Waals surface area contributed by atoms with Crippen LogP contribution >= 0.6 is 11.9 Å². The lowest BCUT2D eigenvalue weighted by Crippen LogP contribution is -2.27. The lowest BCUT2D eigenvalue weighted by Gasteiger charge is -2.07. The number of furan rings is 1. The average molecular weight is 357 g/mol. The number of nitrogens with zero attached hydrogens (tertiary/aromatic N) is 1. The number of amides is 2. The molecule has 1 heterocycles. The molecule has 2 aromatic rings. The molecule has 2 amide bonds. The lowest BCUT2D eigenvalue weighted by atomic mass is 10.1. The second-order valence-corrected chi connectivity index (χ2v) is 5.58. The molecule has 0 aliphatic rings. The monoisotopic (exact) mass is 357 g/mol. The zero-order chi connectivity index (χ0) is 17.6. The van der Waals surface area contributed by atoms with Gasteiger partial charge in [-0.3, -0.25) is 4.72 Å². The normalized spacial score (nSPS) is 11.7. The first kappa shape index (κ1) is 17.9. The summed E-state index contributed by atoms with van der Waals surface area (Å²) in [6.07, 6.45) is -3.16. The number of hydrogen-bond acceptors (Lipinski definition) is 4. The van der Waals surface area contributed by atoms with Crippen molar-refractivity contribution in [1.29, 1.82) is 0 Å². The summed E-state index contributed by atoms with van der Waals surface area (Å²) >= 11 is 1.22. The number of urea groups is 1. The van der Waals surface area contributed by atoms with Gasteiger partial charge in [-0.25, -0.2) is 10.2 Å². The van der Waals surface area contributed by atoms with Crippen molar-refractivity contribution in [3.8, 4) is 11.3 Å². The van der Waals surface area contributed by atoms with Crippen LogP contribution in [-0.4, -0.2) is 18.0 Å². The van der Waals surface area contributed by atoms with E-state index >= 15 is 0 Å². The molecular weight excluding hydrogens is 343 g/mol. The van der Waals surface area contributed by atoms with Gasteiger partial charge in [-0.15, -0.1) is 0 Å². The van der Waals surface area contributed by atoms with Gasteiger partial charge >= 0.3 is 12.2 Å². The number of hydrazone groups is 1. The van der Waals surface area contributed by atoms with E-state index in [1.807, 2.05) is 6.92 Å². The molecule has 0 fully saturated rings. The molecule has 1 aromatic carbocycles. The first-order chi connectivity index (χ1) is 11.4. The third kappa shape index (κ3) is 5.05. The van der Waals surface area contributed by atoms with Gasteiger partial charge in [-0.1, -0.05) is 19.1 Å². The Morgan fingerprint density at radius 1 is 1.33 bits per heavy atom. The Hall–Kier alpha value is -2.42. The topological polar surface area (TPSA) is 66.6 Å². The minimum atomic E-state index is -4.42. The van der Waals surface area contributed by atoms with Gasteiger partial charge in [-0.2, -0.15) is 18.3 Å². The number of rotatable bonds is 5. The Labute approximate surface area is 140 Å². The smallest absolute Gasteiger partial charge is 0.416 e. The molecular formula is C15H14F3N3O2S. The van der Waals surface area contributed by atoms with E-state index in [0.717, 1.165) is 17.9 Å². The van der Waals surface area contributed by atoms with E-state index in [1.54, 1.807) is 6.07 Å². The van der Waals surface area contributed by atoms with Gasteiger partial charge in [0.15, 0.2) is 0 Å². The van der Waals surface area contributed by atoms with Crippen molar-refractivity contribution in [3.05, 3.63) is 47.7 Å². The summed E-state index contributed by atoms with van der Waals surface area (Å²) in [6, 6.07) is 7.42. The van der Waals surface area contributed by atoms with Gasteiger partial charge in [-0.05, 0) is 36.2 Å². The summed E-state index contributed by atoms with van der Waals surface area (Å²) in [5.41, 5.74) is 1.78. The predicted molar refractivity (Wildman–Crippen MR) is 86.5 cm³/mol. The van der Waals surface area contributed by atoms with Crippen molar-refractivity contribution in [3.63, 3.8) is 0 Å². The quantitative estimate of drug-likeness (QED) is 0.477. The summed E-state index contributed by atoms with van der Waals surface area (Å²) in [4.78, 5) is 11.3. The summed E-state index contributed by atoms with van der Waals surface area (Å²) in [5, 5.41) is 3.68. The number of nitrogens with one attached hydrogen (secondary N) is 2. The van der Waals surface area contributed by atoms with Crippen LogP contribution in [0.25, 0.3) is 11.3 Å². The third-order valence-corrected chi connectivity index (χ3v) is 3.39. The number of benzene rings is 1. The third-order valence-electron chi connectivity index (χ3n) is 2.77. The second-order valence-electron chi connectivity index (χ2n) is 4.51. The van der Waals surface area contributed by atoms with Crippen LogP contribution in [-0.2, 0) is 6.18 Å². The van der Waals surface area contributed by atoms with Crippen molar-refractivity contribution in [2.45, 2.75) is 13.1 Å². The largest absolute Gasteiger partial charge is 0.455 e. The fraction of sp³-hybridized carbons (Fsp3) is 0.200. The van der Waals surface area contributed by atoms with Crippen molar-refractivity contribution in [2.24, 2.45) is 5.10 Å². The SMILES string of the molecule is CCSNC(=O)N/N=C/c1ccc(-c2cccc(C(F)(F)F)c2)o1. The minimum absolute atomic E-state index is 0.272. The van der Waals surface area contributed by atoms with Gasteiger partial charge in [0, 0.05) is 11.3 Å². The summed E-state index contributed by atoms with van der Waals surface area (Å²) in [7, 11) is 0. The van der Waals surface area contributed by atoms with Crippen LogP contribution in [0.4, 0.5) is 18.0 Å². The van der Waals surface area contributed by atoms with Gasteiger partial charge in [0.1, 0.15) is 11.5 Å². The molecule has 128 valence electrons. The lowest BCUT2D eigenvalue weighted by molar-refractivity contribution is -0.137. The number of halogens is 3. The second kappa shape index (κ2) is 7.91. The molecule has 0 aliphatic heterocycles. The van der Waals surface area contributed by atoms with Crippen molar-refractivity contribution in [1.82, 2.24) is 10.1 Å². The van der Waals surface area contributed by atoms with Crippen LogP contribution in [0.15, 0.2) is 45.9 Å². The molecule has 5 nitrogen and oxygen atoms in total. The van der Waals surface area contributed by atoms with E-state index in [2.05, 4.69) is 15.2 Å². The molecule has 0 radical (unpaired) electrons. The Morgan fingerprint density at radius 3 is 2.83 bits per heavy atom. The van der Waals surface area contributed by atoms with E-state index in [-0.39, 0.29) is 5.76 Å². The molecule has 0 saturated carbocycles. The summed E-state index contributed by atoms with van der Waals surface area (Å²) in [5.74, 6) is 1.29. The maximum Gasteiger partial charge on any atom is 0.416 e. The highest BCUT2D eigenvalue weighted by Gasteiger charge is 2.30. The number of hydrogen-bond donors (Lipinski definition) is 2. The van der Waals surface area contributed by atoms with E-state index in [9.17, 15) is 18.0 Å². The molecule has 24 heavy (non-hydrogen) atoms. The molecule has 0 saturated heterocycles. The summed E-state index contributed by atoms with van der Waals surface area (Å²) in [6.45, 7) is 1.88. The standard InChI is InChI=1S/C15H14F3N3O2S/c1-2-24-21-14(22)20-19-9-12-6-7-13(23-12)10-4-3-5-11(8-10)15(16,17)18/h3-9H,2H2,1H3,(H2,20,21,22)/b19-9+. The number of carbonyl (C=O) groups is 1. The molecule has 2 N–H and O–H groups in total. The van der Waals surface area contributed by atoms with Crippen LogP contribution < -0.4 is 10.1 Å². The first-order valence-corrected chi connectivity index (χ1v) is 7.87. The Kier molecular flexibility index (Phi) is 5.91. The first-order valence-electron chi connectivity index (χ1n) is 6.88. The molecule has 1 aromatic heterocycles. The average Bonchev–Trinajstić information content (AvgIpc) is 3.01. The van der Waals surface area contributed by atoms with Gasteiger partial charge < -0.3 is 4.42 Å². The molecule has 0 spiro atoms. The van der Waals surface area contributed by atoms with Gasteiger partial charge in [0.25, 0.3) is 0 Å². The van der Waals surface area contributed by atoms with Crippen LogP contribution in [0.1, 0.15) is 18.2 Å². The van der Waals surface area contributed by atoms with Crippen LogP contribution in [0.2, 0.25) is 0 Å². The summed E-state index contributed by atoms with van der Waals surface area (Å²) < 4.78 is 46.1. The maximum atomic E-state index is 12.7. The van der Waals surface area contributed by atoms with Gasteiger partial charge in [0.2, 0.25) is 0 Å². The number of alkyl halides is 3. The fourth-order valence-electron chi connectivity index (χ4n) is 1.74. The van der Waals surface area contributed by atoms with E-state index in [4.69, 9.17) is 4.42 Å². The van der Waals surface area contributed by atoms with Crippen molar-refractivity contribution >= 4 is 24.2 Å². The highest BCUT2D eigenvalue weighted by Crippen LogP contribution is 2.32. The predicted octanol–water partition coefficient (Wildman–Crippen LogP) is 4.27. The van der Waals surface area contributed by atoms with E-state index in [0.29, 0.717) is 11.3 Å². The number of carbonyl (C=O) groups excluding carboxylic acids is 1. The molecule has 2 rings (SSSR count). The van der Waals surface area contributed by atoms with Crippen molar-refractivity contribution < 1.29 is 22.4 Å². The highest BCUT2D eigenvalue weighted by atomic mass is 32.2. The maximum absolute atomic E-state index is 12.7. The van der Waals surface area contributed by atoms with Crippen LogP contribution in [0, 0.1) is 0 Å². The Bertz CT molecular complexity index is 729. The molecule has 0 bridgehead atoms. The van der Waals surface area contributed by atoms with Gasteiger partial charge in [0.05, 0.1) is 11.8 Å². The van der Waals surface area contributed by atoms with E-state index < -0.39 is 17.8 Å². The van der Waals surface area contributed by atoms with Crippen LogP contribution in [0.3, 0.4) is 0 Å². The van der Waals surface area contributed by atoms with E-state index in [1.165, 1.54) is 36.4 Å².